The number of hydrogen-bond donors (Lipinski definition) is 4. The van der Waals surface area contributed by atoms with Gasteiger partial charge in [0.1, 0.15) is 18.1 Å². The molecule has 4 N–H and O–H groups in total. The van der Waals surface area contributed by atoms with Crippen molar-refractivity contribution >= 4 is 11.9 Å². The van der Waals surface area contributed by atoms with Crippen LogP contribution in [0.25, 0.3) is 6.08 Å². The van der Waals surface area contributed by atoms with Crippen LogP contribution in [0.15, 0.2) is 36.1 Å². The number of phenols is 1. The smallest absolute Gasteiger partial charge is 0.184 e. The number of carbonyl (C=O) groups is 1. The number of carbonyl (C=O) groups excluding carboxylic acids is 1. The summed E-state index contributed by atoms with van der Waals surface area (Å²) in [5.74, 6) is -0.892. The van der Waals surface area contributed by atoms with Crippen LogP contribution in [0, 0.1) is 0 Å². The lowest BCUT2D eigenvalue weighted by Gasteiger charge is -2.01. The van der Waals surface area contributed by atoms with Crippen molar-refractivity contribution in [3.05, 3.63) is 47.2 Å². The van der Waals surface area contributed by atoms with Gasteiger partial charge in [-0.15, -0.1) is 0 Å². The van der Waals surface area contributed by atoms with Crippen LogP contribution < -0.4 is 0 Å². The summed E-state index contributed by atoms with van der Waals surface area (Å²) in [5, 5.41) is 36.1. The molecule has 0 atom stereocenters. The summed E-state index contributed by atoms with van der Waals surface area (Å²) in [5.41, 5.74) is 1.01. The van der Waals surface area contributed by atoms with Gasteiger partial charge in [-0.3, -0.25) is 4.79 Å². The van der Waals surface area contributed by atoms with Crippen molar-refractivity contribution in [2.24, 2.45) is 0 Å². The van der Waals surface area contributed by atoms with E-state index in [0.29, 0.717) is 11.1 Å². The lowest BCUT2D eigenvalue weighted by Crippen LogP contribution is -1.99. The Hall–Kier alpha value is -2.11. The molecule has 0 saturated heterocycles. The summed E-state index contributed by atoms with van der Waals surface area (Å²) >= 11 is 0. The van der Waals surface area contributed by atoms with Crippen LogP contribution in [0.2, 0.25) is 0 Å². The zero-order valence-corrected chi connectivity index (χ0v) is 9.58. The lowest BCUT2D eigenvalue weighted by molar-refractivity contribution is -0.117. The molecule has 1 aromatic rings. The molecule has 0 aromatic heterocycles. The molecule has 0 aliphatic rings. The molecular formula is C13H14O5. The third-order valence-electron chi connectivity index (χ3n) is 2.19. The average Bonchev–Trinajstić information content (AvgIpc) is 2.37. The van der Waals surface area contributed by atoms with Gasteiger partial charge in [0.2, 0.25) is 0 Å². The Balaban J connectivity index is 2.84. The summed E-state index contributed by atoms with van der Waals surface area (Å²) in [6.07, 6.45) is 3.69. The molecule has 5 heteroatoms. The monoisotopic (exact) mass is 250 g/mol. The summed E-state index contributed by atoms with van der Waals surface area (Å²) < 4.78 is 0. The van der Waals surface area contributed by atoms with Gasteiger partial charge >= 0.3 is 0 Å². The van der Waals surface area contributed by atoms with Crippen LogP contribution in [-0.4, -0.2) is 32.8 Å². The molecule has 1 aromatic carbocycles. The van der Waals surface area contributed by atoms with Crippen LogP contribution in [0.3, 0.4) is 0 Å². The van der Waals surface area contributed by atoms with Gasteiger partial charge in [-0.1, -0.05) is 12.1 Å². The van der Waals surface area contributed by atoms with Gasteiger partial charge in [0.15, 0.2) is 5.78 Å². The largest absolute Gasteiger partial charge is 0.508 e. The molecular weight excluding hydrogens is 236 g/mol. The van der Waals surface area contributed by atoms with E-state index in [1.807, 2.05) is 0 Å². The highest BCUT2D eigenvalue weighted by Crippen LogP contribution is 2.19. The van der Waals surface area contributed by atoms with E-state index in [-0.39, 0.29) is 18.1 Å². The number of rotatable bonds is 5. The third-order valence-corrected chi connectivity index (χ3v) is 2.19. The highest BCUT2D eigenvalue weighted by Gasteiger charge is 2.00. The zero-order valence-electron chi connectivity index (χ0n) is 9.58. The SMILES string of the molecule is O=C(/C=C(O)/C=C/c1ccc(O)c(CO)c1)CO. The molecule has 5 nitrogen and oxygen atoms in total. The number of ketones is 1. The molecule has 0 unspecified atom stereocenters. The first-order chi connectivity index (χ1) is 8.56. The van der Waals surface area contributed by atoms with Gasteiger partial charge in [-0.05, 0) is 23.8 Å². The van der Waals surface area contributed by atoms with Crippen molar-refractivity contribution in [1.82, 2.24) is 0 Å². The summed E-state index contributed by atoms with van der Waals surface area (Å²) in [4.78, 5) is 10.8. The summed E-state index contributed by atoms with van der Waals surface area (Å²) in [6, 6.07) is 4.56. The quantitative estimate of drug-likeness (QED) is 0.353. The lowest BCUT2D eigenvalue weighted by atomic mass is 10.1. The molecule has 0 amide bonds. The predicted octanol–water partition coefficient (Wildman–Crippen LogP) is 0.901. The molecule has 0 saturated carbocycles. The number of benzene rings is 1. The van der Waals surface area contributed by atoms with Gasteiger partial charge in [-0.2, -0.15) is 0 Å². The Labute approximate surface area is 104 Å². The molecule has 96 valence electrons. The Morgan fingerprint density at radius 2 is 2.00 bits per heavy atom. The van der Waals surface area contributed by atoms with E-state index >= 15 is 0 Å². The first-order valence-electron chi connectivity index (χ1n) is 5.22. The van der Waals surface area contributed by atoms with Crippen LogP contribution in [0.1, 0.15) is 11.1 Å². The average molecular weight is 250 g/mol. The standard InChI is InChI=1S/C13H14O5/c14-7-10-5-9(2-4-13(10)18)1-3-11(16)6-12(17)8-15/h1-6,14-16,18H,7-8H2/b3-1+,11-6-. The summed E-state index contributed by atoms with van der Waals surface area (Å²) in [6.45, 7) is -0.954. The maximum absolute atomic E-state index is 10.8. The Kier molecular flexibility index (Phi) is 5.10. The van der Waals surface area contributed by atoms with E-state index in [1.54, 1.807) is 12.1 Å². The van der Waals surface area contributed by atoms with E-state index in [4.69, 9.17) is 10.2 Å². The second-order valence-corrected chi connectivity index (χ2v) is 3.57. The number of aromatic hydroxyl groups is 1. The molecule has 18 heavy (non-hydrogen) atoms. The van der Waals surface area contributed by atoms with E-state index in [0.717, 1.165) is 6.08 Å². The van der Waals surface area contributed by atoms with Crippen molar-refractivity contribution in [2.75, 3.05) is 6.61 Å². The van der Waals surface area contributed by atoms with E-state index < -0.39 is 12.4 Å². The van der Waals surface area contributed by atoms with Gasteiger partial charge in [0, 0.05) is 11.6 Å². The van der Waals surface area contributed by atoms with Crippen molar-refractivity contribution in [3.8, 4) is 5.75 Å². The fourth-order valence-corrected chi connectivity index (χ4v) is 1.28. The Morgan fingerprint density at radius 1 is 1.28 bits per heavy atom. The Morgan fingerprint density at radius 3 is 2.61 bits per heavy atom. The van der Waals surface area contributed by atoms with Crippen LogP contribution in [-0.2, 0) is 11.4 Å². The number of allylic oxidation sites excluding steroid dienone is 1. The van der Waals surface area contributed by atoms with Crippen LogP contribution >= 0.6 is 0 Å². The van der Waals surface area contributed by atoms with E-state index in [9.17, 15) is 15.0 Å². The first-order valence-corrected chi connectivity index (χ1v) is 5.22. The predicted molar refractivity (Wildman–Crippen MR) is 65.9 cm³/mol. The molecule has 0 radical (unpaired) electrons. The normalized spacial score (nSPS) is 12.0. The van der Waals surface area contributed by atoms with Crippen molar-refractivity contribution in [1.29, 1.82) is 0 Å². The minimum absolute atomic E-state index is 0.00938. The van der Waals surface area contributed by atoms with Crippen molar-refractivity contribution in [2.45, 2.75) is 6.61 Å². The highest BCUT2D eigenvalue weighted by molar-refractivity contribution is 5.91. The van der Waals surface area contributed by atoms with Crippen molar-refractivity contribution in [3.63, 3.8) is 0 Å². The summed E-state index contributed by atoms with van der Waals surface area (Å²) in [7, 11) is 0. The fraction of sp³-hybridized carbons (Fsp3) is 0.154. The molecule has 0 aliphatic carbocycles. The maximum atomic E-state index is 10.8. The maximum Gasteiger partial charge on any atom is 0.184 e. The first kappa shape index (κ1) is 14.0. The second-order valence-electron chi connectivity index (χ2n) is 3.57. The highest BCUT2D eigenvalue weighted by atomic mass is 16.3. The van der Waals surface area contributed by atoms with E-state index in [1.165, 1.54) is 18.2 Å². The zero-order chi connectivity index (χ0) is 13.5. The molecule has 0 bridgehead atoms. The second kappa shape index (κ2) is 6.58. The molecule has 0 fully saturated rings. The van der Waals surface area contributed by atoms with Gasteiger partial charge in [0.25, 0.3) is 0 Å². The van der Waals surface area contributed by atoms with Crippen LogP contribution in [0.4, 0.5) is 0 Å². The van der Waals surface area contributed by atoms with Crippen LogP contribution in [0.5, 0.6) is 5.75 Å². The molecule has 0 aliphatic heterocycles. The Bertz CT molecular complexity index is 488. The molecule has 1 rings (SSSR count). The van der Waals surface area contributed by atoms with Gasteiger partial charge in [0.05, 0.1) is 6.61 Å². The topological polar surface area (TPSA) is 98.0 Å². The van der Waals surface area contributed by atoms with E-state index in [2.05, 4.69) is 0 Å². The van der Waals surface area contributed by atoms with Crippen molar-refractivity contribution < 1.29 is 25.2 Å². The number of hydrogen-bond acceptors (Lipinski definition) is 5. The molecule has 0 spiro atoms. The minimum Gasteiger partial charge on any atom is -0.508 e. The third kappa shape index (κ3) is 4.04. The minimum atomic E-state index is -0.661. The van der Waals surface area contributed by atoms with Gasteiger partial charge < -0.3 is 20.4 Å². The van der Waals surface area contributed by atoms with Gasteiger partial charge in [-0.25, -0.2) is 0 Å². The molecule has 0 heterocycles. The number of aliphatic hydroxyl groups excluding tert-OH is 3. The fourth-order valence-electron chi connectivity index (χ4n) is 1.28. The number of aliphatic hydroxyl groups is 3.